The zero-order valence-corrected chi connectivity index (χ0v) is 11.5. The van der Waals surface area contributed by atoms with Crippen molar-refractivity contribution in [2.75, 3.05) is 20.3 Å². The molecule has 0 fully saturated rings. The van der Waals surface area contributed by atoms with E-state index in [-0.39, 0.29) is 0 Å². The van der Waals surface area contributed by atoms with Crippen molar-refractivity contribution in [2.45, 2.75) is 38.6 Å². The fourth-order valence-electron chi connectivity index (χ4n) is 2.03. The fourth-order valence-corrected chi connectivity index (χ4v) is 2.03. The van der Waals surface area contributed by atoms with Crippen LogP contribution in [-0.2, 0) is 4.74 Å². The van der Waals surface area contributed by atoms with Gasteiger partial charge in [0.2, 0.25) is 0 Å². The highest BCUT2D eigenvalue weighted by Crippen LogP contribution is 2.19. The van der Waals surface area contributed by atoms with E-state index < -0.39 is 0 Å². The van der Waals surface area contributed by atoms with Gasteiger partial charge < -0.3 is 15.2 Å². The fraction of sp³-hybridized carbons (Fsp3) is 0.600. The molecule has 1 aromatic rings. The molecule has 3 heteroatoms. The summed E-state index contributed by atoms with van der Waals surface area (Å²) in [5.74, 6) is 0.327. The third kappa shape index (κ3) is 5.52. The molecule has 1 atom stereocenters. The first-order chi connectivity index (χ1) is 8.77. The third-order valence-electron chi connectivity index (χ3n) is 3.12. The predicted molar refractivity (Wildman–Crippen MR) is 74.9 cm³/mol. The minimum Gasteiger partial charge on any atom is -0.508 e. The van der Waals surface area contributed by atoms with Gasteiger partial charge in [0.15, 0.2) is 0 Å². The number of phenols is 1. The molecular weight excluding hydrogens is 226 g/mol. The van der Waals surface area contributed by atoms with Gasteiger partial charge >= 0.3 is 0 Å². The van der Waals surface area contributed by atoms with E-state index in [1.54, 1.807) is 19.2 Å². The number of phenolic OH excluding ortho intramolecular Hbond substituents is 1. The first kappa shape index (κ1) is 15.0. The molecule has 0 spiro atoms. The Balaban J connectivity index is 2.27. The first-order valence-electron chi connectivity index (χ1n) is 6.79. The first-order valence-corrected chi connectivity index (χ1v) is 6.79. The lowest BCUT2D eigenvalue weighted by atomic mass is 10.0. The quantitative estimate of drug-likeness (QED) is 0.662. The number of hydrogen-bond acceptors (Lipinski definition) is 3. The summed E-state index contributed by atoms with van der Waals surface area (Å²) >= 11 is 0. The van der Waals surface area contributed by atoms with Crippen molar-refractivity contribution in [3.05, 3.63) is 29.8 Å². The largest absolute Gasteiger partial charge is 0.508 e. The Labute approximate surface area is 110 Å². The van der Waals surface area contributed by atoms with E-state index in [0.717, 1.165) is 26.0 Å². The molecule has 0 saturated carbocycles. The Hall–Kier alpha value is -1.06. The van der Waals surface area contributed by atoms with Crippen LogP contribution in [0.5, 0.6) is 5.75 Å². The zero-order chi connectivity index (χ0) is 13.2. The molecule has 1 rings (SSSR count). The lowest BCUT2D eigenvalue weighted by Gasteiger charge is -2.17. The Morgan fingerprint density at radius 3 is 2.50 bits per heavy atom. The average Bonchev–Trinajstić information content (AvgIpc) is 2.39. The van der Waals surface area contributed by atoms with E-state index in [1.807, 2.05) is 12.1 Å². The van der Waals surface area contributed by atoms with Crippen molar-refractivity contribution in [2.24, 2.45) is 0 Å². The molecule has 0 heterocycles. The summed E-state index contributed by atoms with van der Waals surface area (Å²) < 4.78 is 5.03. The van der Waals surface area contributed by atoms with Gasteiger partial charge in [-0.25, -0.2) is 0 Å². The molecular formula is C15H25NO2. The molecule has 0 aliphatic rings. The van der Waals surface area contributed by atoms with Crippen LogP contribution in [0.3, 0.4) is 0 Å². The zero-order valence-electron chi connectivity index (χ0n) is 11.5. The minimum atomic E-state index is 0.327. The van der Waals surface area contributed by atoms with Crippen LogP contribution in [-0.4, -0.2) is 25.4 Å². The number of ether oxygens (including phenoxy) is 1. The molecule has 18 heavy (non-hydrogen) atoms. The summed E-state index contributed by atoms with van der Waals surface area (Å²) in [6.45, 7) is 4.06. The molecule has 0 aliphatic heterocycles. The van der Waals surface area contributed by atoms with Crippen LogP contribution in [0.25, 0.3) is 0 Å². The summed E-state index contributed by atoms with van der Waals surface area (Å²) in [5.41, 5.74) is 1.24. The van der Waals surface area contributed by atoms with Crippen LogP contribution in [0, 0.1) is 0 Å². The molecule has 102 valence electrons. The monoisotopic (exact) mass is 251 g/mol. The molecule has 0 bridgehead atoms. The normalized spacial score (nSPS) is 12.6. The van der Waals surface area contributed by atoms with Crippen LogP contribution < -0.4 is 5.32 Å². The average molecular weight is 251 g/mol. The highest BCUT2D eigenvalue weighted by atomic mass is 16.5. The topological polar surface area (TPSA) is 41.5 Å². The molecule has 0 aromatic heterocycles. The highest BCUT2D eigenvalue weighted by molar-refractivity contribution is 5.27. The van der Waals surface area contributed by atoms with Crippen molar-refractivity contribution in [1.82, 2.24) is 5.32 Å². The molecule has 2 N–H and O–H groups in total. The van der Waals surface area contributed by atoms with Gasteiger partial charge in [0, 0.05) is 19.8 Å². The van der Waals surface area contributed by atoms with Gasteiger partial charge in [-0.1, -0.05) is 19.1 Å². The van der Waals surface area contributed by atoms with Gasteiger partial charge in [-0.05, 0) is 49.9 Å². The number of benzene rings is 1. The van der Waals surface area contributed by atoms with Crippen molar-refractivity contribution in [3.63, 3.8) is 0 Å². The maximum Gasteiger partial charge on any atom is 0.115 e. The second-order valence-corrected chi connectivity index (χ2v) is 4.56. The Morgan fingerprint density at radius 2 is 1.89 bits per heavy atom. The van der Waals surface area contributed by atoms with Crippen LogP contribution in [0.15, 0.2) is 24.3 Å². The van der Waals surface area contributed by atoms with E-state index in [0.29, 0.717) is 11.8 Å². The standard InChI is InChI=1S/C15H25NO2/c1-3-15(13-7-9-14(17)10-8-13)16-11-5-4-6-12-18-2/h7-10,15-17H,3-6,11-12H2,1-2H3. The summed E-state index contributed by atoms with van der Waals surface area (Å²) in [4.78, 5) is 0. The van der Waals surface area contributed by atoms with E-state index in [4.69, 9.17) is 4.74 Å². The molecule has 1 unspecified atom stereocenters. The number of methoxy groups -OCH3 is 1. The van der Waals surface area contributed by atoms with Crippen molar-refractivity contribution >= 4 is 0 Å². The Morgan fingerprint density at radius 1 is 1.17 bits per heavy atom. The molecule has 0 aliphatic carbocycles. The van der Waals surface area contributed by atoms with E-state index in [9.17, 15) is 5.11 Å². The molecule has 0 saturated heterocycles. The van der Waals surface area contributed by atoms with Gasteiger partial charge in [0.1, 0.15) is 5.75 Å². The van der Waals surface area contributed by atoms with Gasteiger partial charge in [-0.2, -0.15) is 0 Å². The maximum absolute atomic E-state index is 9.28. The number of unbranched alkanes of at least 4 members (excludes halogenated alkanes) is 2. The van der Waals surface area contributed by atoms with E-state index in [1.165, 1.54) is 18.4 Å². The maximum atomic E-state index is 9.28. The Bertz CT molecular complexity index is 311. The summed E-state index contributed by atoms with van der Waals surface area (Å²) in [6.07, 6.45) is 4.57. The predicted octanol–water partition coefficient (Wildman–Crippen LogP) is 3.25. The smallest absolute Gasteiger partial charge is 0.115 e. The second kappa shape index (κ2) is 8.95. The Kier molecular flexibility index (Phi) is 7.46. The lowest BCUT2D eigenvalue weighted by Crippen LogP contribution is -2.21. The van der Waals surface area contributed by atoms with Gasteiger partial charge in [0.05, 0.1) is 0 Å². The third-order valence-corrected chi connectivity index (χ3v) is 3.12. The molecule has 0 amide bonds. The molecule has 0 radical (unpaired) electrons. The number of nitrogens with one attached hydrogen (secondary N) is 1. The lowest BCUT2D eigenvalue weighted by molar-refractivity contribution is 0.192. The SMILES string of the molecule is CCC(NCCCCCOC)c1ccc(O)cc1. The second-order valence-electron chi connectivity index (χ2n) is 4.56. The van der Waals surface area contributed by atoms with Crippen molar-refractivity contribution in [3.8, 4) is 5.75 Å². The number of rotatable bonds is 9. The summed E-state index contributed by atoms with van der Waals surface area (Å²) in [6, 6.07) is 7.85. The van der Waals surface area contributed by atoms with Crippen molar-refractivity contribution < 1.29 is 9.84 Å². The van der Waals surface area contributed by atoms with E-state index in [2.05, 4.69) is 12.2 Å². The summed E-state index contributed by atoms with van der Waals surface area (Å²) in [5, 5.41) is 12.8. The number of hydrogen-bond donors (Lipinski definition) is 2. The minimum absolute atomic E-state index is 0.327. The highest BCUT2D eigenvalue weighted by Gasteiger charge is 2.07. The van der Waals surface area contributed by atoms with E-state index >= 15 is 0 Å². The molecule has 3 nitrogen and oxygen atoms in total. The summed E-state index contributed by atoms with van der Waals surface area (Å²) in [7, 11) is 1.75. The van der Waals surface area contributed by atoms with Crippen LogP contribution in [0.2, 0.25) is 0 Å². The molecule has 1 aromatic carbocycles. The van der Waals surface area contributed by atoms with Gasteiger partial charge in [-0.15, -0.1) is 0 Å². The van der Waals surface area contributed by atoms with Gasteiger partial charge in [-0.3, -0.25) is 0 Å². The van der Waals surface area contributed by atoms with Gasteiger partial charge in [0.25, 0.3) is 0 Å². The van der Waals surface area contributed by atoms with Crippen LogP contribution >= 0.6 is 0 Å². The van der Waals surface area contributed by atoms with Crippen molar-refractivity contribution in [1.29, 1.82) is 0 Å². The number of aromatic hydroxyl groups is 1. The van der Waals surface area contributed by atoms with Crippen LogP contribution in [0.1, 0.15) is 44.2 Å². The van der Waals surface area contributed by atoms with Crippen LogP contribution in [0.4, 0.5) is 0 Å².